The Hall–Kier alpha value is -2.10. The highest BCUT2D eigenvalue weighted by molar-refractivity contribution is 7.90. The molecule has 1 fully saturated rings. The van der Waals surface area contributed by atoms with Crippen LogP contribution in [0.1, 0.15) is 17.6 Å². The summed E-state index contributed by atoms with van der Waals surface area (Å²) in [5.74, 6) is 0.842. The number of pyridine rings is 1. The Labute approximate surface area is 153 Å². The number of nitrogens with one attached hydrogen (secondary N) is 1. The molecule has 0 saturated carbocycles. The lowest BCUT2D eigenvalue weighted by Crippen LogP contribution is -2.42. The number of nitrogens with zero attached hydrogens (tertiary/aromatic N) is 4. The summed E-state index contributed by atoms with van der Waals surface area (Å²) in [6, 6.07) is 5.79. The minimum absolute atomic E-state index is 0.0113. The number of rotatable bonds is 6. The normalized spacial score (nSPS) is 17.0. The van der Waals surface area contributed by atoms with Gasteiger partial charge in [0, 0.05) is 32.1 Å². The lowest BCUT2D eigenvalue weighted by Gasteiger charge is -2.34. The van der Waals surface area contributed by atoms with Crippen molar-refractivity contribution in [3.05, 3.63) is 42.1 Å². The third-order valence-corrected chi connectivity index (χ3v) is 5.35. The summed E-state index contributed by atoms with van der Waals surface area (Å²) in [6.45, 7) is 5.15. The van der Waals surface area contributed by atoms with E-state index in [2.05, 4.69) is 25.2 Å². The molecule has 1 atom stereocenters. The van der Waals surface area contributed by atoms with Gasteiger partial charge >= 0.3 is 0 Å². The molecule has 0 unspecified atom stereocenters. The molecule has 0 amide bonds. The summed E-state index contributed by atoms with van der Waals surface area (Å²) >= 11 is 0. The van der Waals surface area contributed by atoms with Crippen LogP contribution in [-0.2, 0) is 14.6 Å². The molecule has 8 nitrogen and oxygen atoms in total. The van der Waals surface area contributed by atoms with E-state index in [0.717, 1.165) is 25.0 Å². The highest BCUT2D eigenvalue weighted by Gasteiger charge is 2.25. The van der Waals surface area contributed by atoms with Gasteiger partial charge in [0.2, 0.25) is 0 Å². The first-order valence-electron chi connectivity index (χ1n) is 8.45. The predicted octanol–water partition coefficient (Wildman–Crippen LogP) is 1.07. The summed E-state index contributed by atoms with van der Waals surface area (Å²) in [7, 11) is -3.42. The number of aryl methyl sites for hydroxylation is 1. The highest BCUT2D eigenvalue weighted by atomic mass is 32.2. The summed E-state index contributed by atoms with van der Waals surface area (Å²) in [5, 5.41) is 3.20. The maximum absolute atomic E-state index is 12.0. The number of morpholine rings is 1. The molecule has 26 heavy (non-hydrogen) atoms. The van der Waals surface area contributed by atoms with Crippen LogP contribution < -0.4 is 5.32 Å². The Kier molecular flexibility index (Phi) is 5.80. The van der Waals surface area contributed by atoms with Gasteiger partial charge in [-0.1, -0.05) is 6.07 Å². The van der Waals surface area contributed by atoms with Gasteiger partial charge in [-0.25, -0.2) is 18.4 Å². The van der Waals surface area contributed by atoms with E-state index in [1.807, 2.05) is 18.2 Å². The Bertz CT molecular complexity index is 839. The fourth-order valence-corrected chi connectivity index (χ4v) is 3.65. The minimum Gasteiger partial charge on any atom is -0.379 e. The zero-order valence-electron chi connectivity index (χ0n) is 14.9. The quantitative estimate of drug-likeness (QED) is 0.798. The van der Waals surface area contributed by atoms with E-state index in [-0.39, 0.29) is 10.9 Å². The Morgan fingerprint density at radius 1 is 1.27 bits per heavy atom. The second kappa shape index (κ2) is 8.07. The van der Waals surface area contributed by atoms with Gasteiger partial charge in [-0.05, 0) is 19.1 Å². The second-order valence-electron chi connectivity index (χ2n) is 6.20. The molecule has 1 saturated heterocycles. The average molecular weight is 377 g/mol. The van der Waals surface area contributed by atoms with E-state index in [4.69, 9.17) is 4.74 Å². The van der Waals surface area contributed by atoms with Crippen LogP contribution in [0, 0.1) is 6.92 Å². The van der Waals surface area contributed by atoms with Crippen molar-refractivity contribution in [2.24, 2.45) is 0 Å². The zero-order valence-corrected chi connectivity index (χ0v) is 15.7. The maximum atomic E-state index is 12.0. The molecule has 1 aliphatic rings. The monoisotopic (exact) mass is 377 g/mol. The first-order valence-corrected chi connectivity index (χ1v) is 10.3. The molecule has 140 valence electrons. The van der Waals surface area contributed by atoms with Crippen molar-refractivity contribution in [2.75, 3.05) is 44.4 Å². The van der Waals surface area contributed by atoms with E-state index in [9.17, 15) is 8.42 Å². The molecular weight excluding hydrogens is 354 g/mol. The fraction of sp³-hybridized carbons (Fsp3) is 0.471. The average Bonchev–Trinajstić information content (AvgIpc) is 2.63. The first kappa shape index (κ1) is 18.7. The van der Waals surface area contributed by atoms with Crippen molar-refractivity contribution in [1.82, 2.24) is 19.9 Å². The number of aromatic nitrogens is 3. The molecular formula is C17H23N5O3S. The third-order valence-electron chi connectivity index (χ3n) is 4.25. The maximum Gasteiger partial charge on any atom is 0.180 e. The largest absolute Gasteiger partial charge is 0.379 e. The van der Waals surface area contributed by atoms with Gasteiger partial charge in [0.1, 0.15) is 16.5 Å². The third kappa shape index (κ3) is 4.54. The van der Waals surface area contributed by atoms with Crippen molar-refractivity contribution in [1.29, 1.82) is 0 Å². The first-order chi connectivity index (χ1) is 12.4. The number of hydrogen-bond donors (Lipinski definition) is 1. The number of sulfone groups is 1. The molecule has 2 aromatic heterocycles. The van der Waals surface area contributed by atoms with Crippen LogP contribution in [0.2, 0.25) is 0 Å². The van der Waals surface area contributed by atoms with E-state index >= 15 is 0 Å². The lowest BCUT2D eigenvalue weighted by atomic mass is 10.1. The number of hydrogen-bond acceptors (Lipinski definition) is 8. The molecule has 0 aromatic carbocycles. The summed E-state index contributed by atoms with van der Waals surface area (Å²) in [6.07, 6.45) is 4.27. The van der Waals surface area contributed by atoms with Gasteiger partial charge < -0.3 is 10.1 Å². The predicted molar refractivity (Wildman–Crippen MR) is 97.7 cm³/mol. The summed E-state index contributed by atoms with van der Waals surface area (Å²) in [5.41, 5.74) is 0.925. The lowest BCUT2D eigenvalue weighted by molar-refractivity contribution is 0.0179. The van der Waals surface area contributed by atoms with Gasteiger partial charge in [0.15, 0.2) is 9.84 Å². The van der Waals surface area contributed by atoms with Gasteiger partial charge in [-0.2, -0.15) is 0 Å². The Morgan fingerprint density at radius 3 is 2.69 bits per heavy atom. The topological polar surface area (TPSA) is 97.3 Å². The van der Waals surface area contributed by atoms with Crippen LogP contribution in [0.5, 0.6) is 0 Å². The fourth-order valence-electron chi connectivity index (χ4n) is 2.93. The second-order valence-corrected chi connectivity index (χ2v) is 8.19. The van der Waals surface area contributed by atoms with Crippen LogP contribution in [0.15, 0.2) is 35.5 Å². The summed E-state index contributed by atoms with van der Waals surface area (Å²) in [4.78, 5) is 15.2. The number of ether oxygens (including phenoxy) is 1. The number of anilines is 1. The molecule has 0 radical (unpaired) electrons. The van der Waals surface area contributed by atoms with E-state index in [0.29, 0.717) is 31.4 Å². The smallest absolute Gasteiger partial charge is 0.180 e. The van der Waals surface area contributed by atoms with Crippen LogP contribution in [0.25, 0.3) is 0 Å². The van der Waals surface area contributed by atoms with Crippen LogP contribution in [0.4, 0.5) is 5.82 Å². The standard InChI is InChI=1S/C17H23N5O3S/c1-13-19-12-16(26(2,23)24)17(21-13)20-11-15(14-5-3-4-6-18-14)22-7-9-25-10-8-22/h3-6,12,15H,7-11H2,1-2H3,(H,19,20,21)/t15-/m0/s1. The van der Waals surface area contributed by atoms with Gasteiger partial charge in [-0.3, -0.25) is 9.88 Å². The van der Waals surface area contributed by atoms with Crippen molar-refractivity contribution in [2.45, 2.75) is 17.9 Å². The zero-order chi connectivity index (χ0) is 18.6. The van der Waals surface area contributed by atoms with Crippen LogP contribution >= 0.6 is 0 Å². The van der Waals surface area contributed by atoms with Crippen LogP contribution in [-0.4, -0.2) is 67.4 Å². The van der Waals surface area contributed by atoms with Crippen molar-refractivity contribution < 1.29 is 13.2 Å². The molecule has 0 spiro atoms. The highest BCUT2D eigenvalue weighted by Crippen LogP contribution is 2.23. The minimum atomic E-state index is -3.42. The van der Waals surface area contributed by atoms with Gasteiger partial charge in [0.05, 0.1) is 31.1 Å². The van der Waals surface area contributed by atoms with E-state index in [1.54, 1.807) is 13.1 Å². The molecule has 1 N–H and O–H groups in total. The van der Waals surface area contributed by atoms with Crippen molar-refractivity contribution in [3.63, 3.8) is 0 Å². The van der Waals surface area contributed by atoms with E-state index in [1.165, 1.54) is 6.20 Å². The van der Waals surface area contributed by atoms with Gasteiger partial charge in [-0.15, -0.1) is 0 Å². The van der Waals surface area contributed by atoms with Crippen LogP contribution in [0.3, 0.4) is 0 Å². The van der Waals surface area contributed by atoms with Crippen molar-refractivity contribution >= 4 is 15.7 Å². The molecule has 0 aliphatic carbocycles. The SMILES string of the molecule is Cc1ncc(S(C)(=O)=O)c(NC[C@@H](c2ccccn2)N2CCOCC2)n1. The molecule has 2 aromatic rings. The molecule has 3 rings (SSSR count). The summed E-state index contributed by atoms with van der Waals surface area (Å²) < 4.78 is 29.5. The Morgan fingerprint density at radius 2 is 2.04 bits per heavy atom. The molecule has 0 bridgehead atoms. The van der Waals surface area contributed by atoms with Crippen molar-refractivity contribution in [3.8, 4) is 0 Å². The van der Waals surface area contributed by atoms with Gasteiger partial charge in [0.25, 0.3) is 0 Å². The Balaban J connectivity index is 1.85. The molecule has 3 heterocycles. The molecule has 9 heteroatoms. The molecule has 1 aliphatic heterocycles. The van der Waals surface area contributed by atoms with E-state index < -0.39 is 9.84 Å².